The highest BCUT2D eigenvalue weighted by molar-refractivity contribution is 4.77. The molecule has 1 aliphatic rings. The third-order valence-corrected chi connectivity index (χ3v) is 2.64. The molecule has 0 aromatic rings. The van der Waals surface area contributed by atoms with Crippen LogP contribution in [-0.4, -0.2) is 24.3 Å². The van der Waals surface area contributed by atoms with Crippen LogP contribution in [0, 0.1) is 5.92 Å². The molecule has 1 saturated carbocycles. The third kappa shape index (κ3) is 2.80. The quantitative estimate of drug-likeness (QED) is 0.560. The molecule has 2 N–H and O–H groups in total. The lowest BCUT2D eigenvalue weighted by molar-refractivity contribution is 0.148. The van der Waals surface area contributed by atoms with Crippen molar-refractivity contribution in [2.45, 2.75) is 44.8 Å². The van der Waals surface area contributed by atoms with E-state index in [0.717, 1.165) is 18.8 Å². The summed E-state index contributed by atoms with van der Waals surface area (Å²) < 4.78 is 0. The predicted molar refractivity (Wildman–Crippen MR) is 46.5 cm³/mol. The van der Waals surface area contributed by atoms with Gasteiger partial charge in [0.25, 0.3) is 0 Å². The summed E-state index contributed by atoms with van der Waals surface area (Å²) >= 11 is 0. The lowest BCUT2D eigenvalue weighted by Crippen LogP contribution is -2.28. The number of aliphatic hydroxyl groups excluding tert-OH is 1. The van der Waals surface area contributed by atoms with Crippen LogP contribution in [0.3, 0.4) is 0 Å². The van der Waals surface area contributed by atoms with Crippen molar-refractivity contribution < 1.29 is 5.11 Å². The Bertz CT molecular complexity index is 104. The van der Waals surface area contributed by atoms with Gasteiger partial charge in [0.05, 0.1) is 6.10 Å². The average Bonchev–Trinajstić information content (AvgIpc) is 2.13. The van der Waals surface area contributed by atoms with Crippen LogP contribution in [0.15, 0.2) is 0 Å². The Hall–Kier alpha value is -0.0800. The first kappa shape index (κ1) is 9.01. The topological polar surface area (TPSA) is 32.3 Å². The fraction of sp³-hybridized carbons (Fsp3) is 1.00. The largest absolute Gasteiger partial charge is 0.393 e. The molecule has 0 aromatic carbocycles. The van der Waals surface area contributed by atoms with Gasteiger partial charge in [-0.15, -0.1) is 0 Å². The summed E-state index contributed by atoms with van der Waals surface area (Å²) in [7, 11) is 1.98. The van der Waals surface area contributed by atoms with Crippen molar-refractivity contribution in [3.8, 4) is 0 Å². The zero-order valence-corrected chi connectivity index (χ0v) is 7.51. The number of hydrogen-bond acceptors (Lipinski definition) is 2. The molecule has 0 spiro atoms. The molecule has 3 unspecified atom stereocenters. The number of aliphatic hydroxyl groups is 1. The van der Waals surface area contributed by atoms with Crippen LogP contribution in [0.2, 0.25) is 0 Å². The molecule has 2 heteroatoms. The molecular formula is C9H19NO. The van der Waals surface area contributed by atoms with Gasteiger partial charge in [0.15, 0.2) is 0 Å². The van der Waals surface area contributed by atoms with Gasteiger partial charge in [-0.25, -0.2) is 0 Å². The Kier molecular flexibility index (Phi) is 3.34. The van der Waals surface area contributed by atoms with Gasteiger partial charge in [-0.2, -0.15) is 0 Å². The molecule has 1 aliphatic carbocycles. The van der Waals surface area contributed by atoms with E-state index in [1.54, 1.807) is 0 Å². The Morgan fingerprint density at radius 1 is 1.27 bits per heavy atom. The standard InChI is InChI=1S/C9H19NO/c1-7-3-4-9(11)6-8(5-7)10-2/h7-11H,3-6H2,1-2H3. The van der Waals surface area contributed by atoms with E-state index in [4.69, 9.17) is 0 Å². The summed E-state index contributed by atoms with van der Waals surface area (Å²) in [5.74, 6) is 0.768. The molecule has 2 nitrogen and oxygen atoms in total. The minimum Gasteiger partial charge on any atom is -0.393 e. The second kappa shape index (κ2) is 4.07. The lowest BCUT2D eigenvalue weighted by atomic mass is 10.0. The van der Waals surface area contributed by atoms with Crippen molar-refractivity contribution in [1.82, 2.24) is 5.32 Å². The molecule has 0 amide bonds. The van der Waals surface area contributed by atoms with E-state index < -0.39 is 0 Å². The van der Waals surface area contributed by atoms with Gasteiger partial charge in [-0.1, -0.05) is 6.92 Å². The van der Waals surface area contributed by atoms with Crippen molar-refractivity contribution in [3.05, 3.63) is 0 Å². The minimum absolute atomic E-state index is 0.0719. The van der Waals surface area contributed by atoms with Crippen LogP contribution in [0.1, 0.15) is 32.6 Å². The van der Waals surface area contributed by atoms with Crippen LogP contribution < -0.4 is 5.32 Å². The Morgan fingerprint density at radius 2 is 2.00 bits per heavy atom. The van der Waals surface area contributed by atoms with Gasteiger partial charge in [0, 0.05) is 6.04 Å². The van der Waals surface area contributed by atoms with Crippen molar-refractivity contribution in [2.24, 2.45) is 5.92 Å². The first-order chi connectivity index (χ1) is 5.22. The Labute approximate surface area is 69.0 Å². The fourth-order valence-corrected chi connectivity index (χ4v) is 1.86. The normalized spacial score (nSPS) is 40.1. The van der Waals surface area contributed by atoms with Crippen molar-refractivity contribution in [1.29, 1.82) is 0 Å². The van der Waals surface area contributed by atoms with Crippen LogP contribution in [0.25, 0.3) is 0 Å². The summed E-state index contributed by atoms with van der Waals surface area (Å²) in [6, 6.07) is 0.530. The number of nitrogens with one attached hydrogen (secondary N) is 1. The maximum absolute atomic E-state index is 9.47. The van der Waals surface area contributed by atoms with E-state index in [1.807, 2.05) is 7.05 Å². The summed E-state index contributed by atoms with van der Waals surface area (Å²) in [5.41, 5.74) is 0. The number of rotatable bonds is 1. The second-order valence-electron chi connectivity index (χ2n) is 3.79. The van der Waals surface area contributed by atoms with Crippen LogP contribution in [0.4, 0.5) is 0 Å². The van der Waals surface area contributed by atoms with E-state index in [9.17, 15) is 5.11 Å². The van der Waals surface area contributed by atoms with Crippen LogP contribution in [-0.2, 0) is 0 Å². The van der Waals surface area contributed by atoms with Crippen LogP contribution in [0.5, 0.6) is 0 Å². The second-order valence-corrected chi connectivity index (χ2v) is 3.79. The molecule has 11 heavy (non-hydrogen) atoms. The van der Waals surface area contributed by atoms with Gasteiger partial charge in [-0.3, -0.25) is 0 Å². The minimum atomic E-state index is -0.0719. The first-order valence-corrected chi connectivity index (χ1v) is 4.57. The molecule has 0 bridgehead atoms. The SMILES string of the molecule is CNC1CC(C)CCC(O)C1. The van der Waals surface area contributed by atoms with Crippen molar-refractivity contribution >= 4 is 0 Å². The monoisotopic (exact) mass is 157 g/mol. The van der Waals surface area contributed by atoms with Gasteiger partial charge in [-0.05, 0) is 38.6 Å². The summed E-state index contributed by atoms with van der Waals surface area (Å²) in [6.07, 6.45) is 4.24. The molecule has 1 fully saturated rings. The molecule has 3 atom stereocenters. The Morgan fingerprint density at radius 3 is 2.64 bits per heavy atom. The van der Waals surface area contributed by atoms with E-state index in [-0.39, 0.29) is 6.10 Å². The molecule has 0 saturated heterocycles. The van der Waals surface area contributed by atoms with Gasteiger partial charge < -0.3 is 10.4 Å². The molecule has 66 valence electrons. The molecule has 0 heterocycles. The van der Waals surface area contributed by atoms with E-state index in [1.165, 1.54) is 12.8 Å². The Balaban J connectivity index is 2.41. The molecule has 0 aliphatic heterocycles. The maximum Gasteiger partial charge on any atom is 0.0555 e. The van der Waals surface area contributed by atoms with Gasteiger partial charge in [0.1, 0.15) is 0 Å². The lowest BCUT2D eigenvalue weighted by Gasteiger charge is -2.16. The highest BCUT2D eigenvalue weighted by Crippen LogP contribution is 2.22. The maximum atomic E-state index is 9.47. The highest BCUT2D eigenvalue weighted by Gasteiger charge is 2.20. The number of hydrogen-bond donors (Lipinski definition) is 2. The zero-order valence-electron chi connectivity index (χ0n) is 7.51. The van der Waals surface area contributed by atoms with Gasteiger partial charge in [0.2, 0.25) is 0 Å². The van der Waals surface area contributed by atoms with Crippen molar-refractivity contribution in [2.75, 3.05) is 7.05 Å². The average molecular weight is 157 g/mol. The van der Waals surface area contributed by atoms with E-state index >= 15 is 0 Å². The van der Waals surface area contributed by atoms with Crippen molar-refractivity contribution in [3.63, 3.8) is 0 Å². The summed E-state index contributed by atoms with van der Waals surface area (Å²) in [4.78, 5) is 0. The molecule has 1 rings (SSSR count). The molecular weight excluding hydrogens is 138 g/mol. The van der Waals surface area contributed by atoms with Crippen LogP contribution >= 0.6 is 0 Å². The third-order valence-electron chi connectivity index (χ3n) is 2.64. The first-order valence-electron chi connectivity index (χ1n) is 4.57. The summed E-state index contributed by atoms with van der Waals surface area (Å²) in [5, 5.41) is 12.7. The fourth-order valence-electron chi connectivity index (χ4n) is 1.86. The predicted octanol–water partition coefficient (Wildman–Crippen LogP) is 1.15. The van der Waals surface area contributed by atoms with E-state index in [0.29, 0.717) is 6.04 Å². The molecule has 0 radical (unpaired) electrons. The summed E-state index contributed by atoms with van der Waals surface area (Å²) in [6.45, 7) is 2.27. The van der Waals surface area contributed by atoms with E-state index in [2.05, 4.69) is 12.2 Å². The molecule has 0 aromatic heterocycles. The smallest absolute Gasteiger partial charge is 0.0555 e. The van der Waals surface area contributed by atoms with Gasteiger partial charge >= 0.3 is 0 Å². The highest BCUT2D eigenvalue weighted by atomic mass is 16.3. The zero-order chi connectivity index (χ0) is 8.27.